The molecule has 1 nitrogen and oxygen atoms in total. The third kappa shape index (κ3) is 3.37. The Morgan fingerprint density at radius 1 is 1.13 bits per heavy atom. The Bertz CT molecular complexity index is 292. The van der Waals surface area contributed by atoms with Gasteiger partial charge in [0.15, 0.2) is 0 Å². The standard InChI is InChI=1S/C14H19N/c1-4-11-15(12-5-2)13(3)14-9-7-6-8-10-14/h4-10,13H,1-2,11-12H2,3H3/i13-1. The van der Waals surface area contributed by atoms with Gasteiger partial charge in [0, 0.05) is 19.1 Å². The maximum atomic E-state index is 3.78. The Balaban J connectivity index is 2.75. The molecule has 1 aromatic carbocycles. The lowest BCUT2D eigenvalue weighted by atomic mass is 9.67. The van der Waals surface area contributed by atoms with E-state index in [0.29, 0.717) is 6.04 Å². The van der Waals surface area contributed by atoms with E-state index < -0.39 is 0 Å². The highest BCUT2D eigenvalue weighted by Gasteiger charge is 2.12. The molecule has 0 aliphatic heterocycles. The molecule has 0 N–H and O–H groups in total. The molecule has 0 aliphatic carbocycles. The highest BCUT2D eigenvalue weighted by atomic mass is 15.1. The summed E-state index contributed by atoms with van der Waals surface area (Å²) in [5.41, 5.74) is 1.33. The van der Waals surface area contributed by atoms with Crippen LogP contribution in [0.1, 0.15) is 18.5 Å². The summed E-state index contributed by atoms with van der Waals surface area (Å²) in [4.78, 5) is 2.33. The van der Waals surface area contributed by atoms with Crippen molar-refractivity contribution >= 4 is 0 Å². The average molecular weight is 200 g/mol. The molecular formula is C14H19N. The predicted molar refractivity (Wildman–Crippen MR) is 66.8 cm³/mol. The molecule has 0 saturated carbocycles. The van der Waals surface area contributed by atoms with Gasteiger partial charge in [-0.3, -0.25) is 4.90 Å². The molecule has 1 heteroatoms. The van der Waals surface area contributed by atoms with Crippen molar-refractivity contribution in [2.24, 2.45) is 0 Å². The number of hydrogen-bond donors (Lipinski definition) is 0. The van der Waals surface area contributed by atoms with Crippen LogP contribution in [0.15, 0.2) is 55.6 Å². The molecular weight excluding hydrogens is 181 g/mol. The van der Waals surface area contributed by atoms with E-state index in [-0.39, 0.29) is 0 Å². The number of hydrogen-bond acceptors (Lipinski definition) is 1. The summed E-state index contributed by atoms with van der Waals surface area (Å²) >= 11 is 0. The van der Waals surface area contributed by atoms with Crippen molar-refractivity contribution in [1.82, 2.24) is 4.90 Å². The average Bonchev–Trinajstić information content (AvgIpc) is 2.29. The normalized spacial score (nSPS) is 12.4. The summed E-state index contributed by atoms with van der Waals surface area (Å²) < 4.78 is 0. The molecule has 1 rings (SSSR count). The second-order valence-electron chi connectivity index (χ2n) is 3.62. The Hall–Kier alpha value is -1.34. The summed E-state index contributed by atoms with van der Waals surface area (Å²) in [6.07, 6.45) is 3.87. The monoisotopic (exact) mass is 200 g/mol. The first kappa shape index (κ1) is 11.7. The van der Waals surface area contributed by atoms with E-state index in [1.54, 1.807) is 0 Å². The highest BCUT2D eigenvalue weighted by molar-refractivity contribution is 5.18. The highest BCUT2D eigenvalue weighted by Crippen LogP contribution is 2.19. The molecule has 0 aromatic heterocycles. The van der Waals surface area contributed by atoms with Gasteiger partial charge in [0.1, 0.15) is 0 Å². The fraction of sp³-hybridized carbons (Fsp3) is 0.286. The van der Waals surface area contributed by atoms with Gasteiger partial charge < -0.3 is 0 Å². The molecule has 0 spiro atoms. The van der Waals surface area contributed by atoms with Crippen molar-refractivity contribution < 1.29 is 0 Å². The third-order valence-electron chi connectivity index (χ3n) is 2.56. The number of nitrogens with zero attached hydrogens (tertiary/aromatic N) is 1. The Morgan fingerprint density at radius 2 is 1.67 bits per heavy atom. The lowest BCUT2D eigenvalue weighted by molar-refractivity contribution is 0.260. The quantitative estimate of drug-likeness (QED) is 0.636. The van der Waals surface area contributed by atoms with Gasteiger partial charge in [0.25, 0.3) is 0 Å². The van der Waals surface area contributed by atoms with Gasteiger partial charge in [-0.15, -0.1) is 13.2 Å². The lowest BCUT2D eigenvalue weighted by Crippen LogP contribution is -2.27. The zero-order valence-corrected chi connectivity index (χ0v) is 9.39. The SMILES string of the molecule is C=CCN(CC=C)[11CH](C)c1ccccc1. The summed E-state index contributed by atoms with van der Waals surface area (Å²) in [6.45, 7) is 11.6. The van der Waals surface area contributed by atoms with Crippen LogP contribution in [0.5, 0.6) is 0 Å². The zero-order valence-electron chi connectivity index (χ0n) is 9.39. The van der Waals surface area contributed by atoms with Gasteiger partial charge in [0.2, 0.25) is 0 Å². The Labute approximate surface area is 92.7 Å². The smallest absolute Gasteiger partial charge is 0.0326 e. The summed E-state index contributed by atoms with van der Waals surface area (Å²) in [5, 5.41) is 0. The summed E-state index contributed by atoms with van der Waals surface area (Å²) in [7, 11) is 0. The first-order chi connectivity index (χ1) is 7.29. The molecule has 0 bridgehead atoms. The van der Waals surface area contributed by atoms with Crippen LogP contribution < -0.4 is 0 Å². The van der Waals surface area contributed by atoms with E-state index in [0.717, 1.165) is 13.1 Å². The summed E-state index contributed by atoms with van der Waals surface area (Å²) in [6, 6.07) is 10.9. The van der Waals surface area contributed by atoms with Gasteiger partial charge >= 0.3 is 0 Å². The van der Waals surface area contributed by atoms with E-state index in [2.05, 4.69) is 49.2 Å². The first-order valence-corrected chi connectivity index (χ1v) is 5.30. The van der Waals surface area contributed by atoms with Crippen LogP contribution in [0.4, 0.5) is 0 Å². The molecule has 80 valence electrons. The minimum Gasteiger partial charge on any atom is -0.289 e. The van der Waals surface area contributed by atoms with Crippen LogP contribution in [0.25, 0.3) is 0 Å². The largest absolute Gasteiger partial charge is 0.289 e. The van der Waals surface area contributed by atoms with Crippen molar-refractivity contribution in [2.75, 3.05) is 13.1 Å². The van der Waals surface area contributed by atoms with Gasteiger partial charge in [-0.2, -0.15) is 0 Å². The molecule has 15 heavy (non-hydrogen) atoms. The minimum atomic E-state index is 0.405. The maximum Gasteiger partial charge on any atom is 0.0326 e. The van der Waals surface area contributed by atoms with Gasteiger partial charge in [-0.25, -0.2) is 0 Å². The fourth-order valence-electron chi connectivity index (χ4n) is 1.66. The Morgan fingerprint density at radius 3 is 2.13 bits per heavy atom. The third-order valence-corrected chi connectivity index (χ3v) is 2.56. The van der Waals surface area contributed by atoms with Crippen LogP contribution in [0, 0.1) is 0 Å². The molecule has 0 fully saturated rings. The lowest BCUT2D eigenvalue weighted by Gasteiger charge is -2.27. The van der Waals surface area contributed by atoms with Crippen LogP contribution in [0.3, 0.4) is 0 Å². The second kappa shape index (κ2) is 6.20. The number of benzene rings is 1. The van der Waals surface area contributed by atoms with Crippen molar-refractivity contribution in [3.8, 4) is 0 Å². The van der Waals surface area contributed by atoms with E-state index in [1.807, 2.05) is 18.2 Å². The molecule has 1 atom stereocenters. The topological polar surface area (TPSA) is 3.24 Å². The van der Waals surface area contributed by atoms with Crippen LogP contribution in [-0.4, -0.2) is 18.0 Å². The molecule has 1 unspecified atom stereocenters. The van der Waals surface area contributed by atoms with E-state index in [4.69, 9.17) is 0 Å². The predicted octanol–water partition coefficient (Wildman–Crippen LogP) is 3.42. The summed E-state index contributed by atoms with van der Waals surface area (Å²) in [5.74, 6) is 0. The van der Waals surface area contributed by atoms with Gasteiger partial charge in [-0.1, -0.05) is 42.5 Å². The second-order valence-corrected chi connectivity index (χ2v) is 3.62. The molecule has 0 radical (unpaired) electrons. The van der Waals surface area contributed by atoms with Crippen molar-refractivity contribution in [2.45, 2.75) is 13.0 Å². The maximum absolute atomic E-state index is 3.78. The van der Waals surface area contributed by atoms with Crippen LogP contribution in [-0.2, 0) is 0 Å². The van der Waals surface area contributed by atoms with Crippen molar-refractivity contribution in [3.63, 3.8) is 0 Å². The van der Waals surface area contributed by atoms with Crippen LogP contribution in [0.2, 0.25) is 0 Å². The van der Waals surface area contributed by atoms with Gasteiger partial charge in [-0.05, 0) is 12.5 Å². The molecule has 0 aliphatic rings. The van der Waals surface area contributed by atoms with E-state index in [9.17, 15) is 0 Å². The molecule has 0 amide bonds. The molecule has 1 aromatic rings. The van der Waals surface area contributed by atoms with E-state index >= 15 is 0 Å². The van der Waals surface area contributed by atoms with Crippen LogP contribution >= 0.6 is 0 Å². The van der Waals surface area contributed by atoms with Crippen molar-refractivity contribution in [1.29, 1.82) is 0 Å². The van der Waals surface area contributed by atoms with E-state index in [1.165, 1.54) is 5.56 Å². The minimum absolute atomic E-state index is 0.405. The first-order valence-electron chi connectivity index (χ1n) is 5.30. The molecule has 0 saturated heterocycles. The number of rotatable bonds is 6. The Kier molecular flexibility index (Phi) is 4.85. The van der Waals surface area contributed by atoms with Gasteiger partial charge in [0.05, 0.1) is 0 Å². The fourth-order valence-corrected chi connectivity index (χ4v) is 1.66. The zero-order chi connectivity index (χ0) is 11.1. The van der Waals surface area contributed by atoms with Crippen molar-refractivity contribution in [3.05, 3.63) is 61.2 Å². The molecule has 0 heterocycles.